The van der Waals surface area contributed by atoms with Crippen LogP contribution in [0.5, 0.6) is 5.75 Å². The van der Waals surface area contributed by atoms with E-state index in [-0.39, 0.29) is 5.56 Å². The van der Waals surface area contributed by atoms with Crippen LogP contribution in [0.1, 0.15) is 5.69 Å². The van der Waals surface area contributed by atoms with Gasteiger partial charge in [0.25, 0.3) is 5.56 Å². The Morgan fingerprint density at radius 2 is 2.12 bits per heavy atom. The number of aromatic nitrogens is 2. The fourth-order valence-corrected chi connectivity index (χ4v) is 1.44. The highest BCUT2D eigenvalue weighted by Gasteiger charge is 2.04. The van der Waals surface area contributed by atoms with E-state index in [1.165, 1.54) is 11.7 Å². The van der Waals surface area contributed by atoms with Gasteiger partial charge >= 0.3 is 0 Å². The number of methoxy groups -OCH3 is 1. The van der Waals surface area contributed by atoms with Crippen molar-refractivity contribution < 1.29 is 4.74 Å². The molecule has 0 aliphatic heterocycles. The minimum absolute atomic E-state index is 0.185. The Bertz CT molecular complexity index is 544. The van der Waals surface area contributed by atoms with Crippen molar-refractivity contribution in [2.24, 2.45) is 0 Å². The molecule has 0 aliphatic rings. The van der Waals surface area contributed by atoms with Gasteiger partial charge in [0.15, 0.2) is 5.75 Å². The summed E-state index contributed by atoms with van der Waals surface area (Å²) in [5.41, 5.74) is 1.46. The maximum absolute atomic E-state index is 11.9. The average molecular weight is 216 g/mol. The molecule has 0 unspecified atom stereocenters. The number of hydrogen-bond acceptors (Lipinski definition) is 3. The van der Waals surface area contributed by atoms with Crippen molar-refractivity contribution in [3.05, 3.63) is 52.7 Å². The van der Waals surface area contributed by atoms with Crippen molar-refractivity contribution in [3.8, 4) is 11.4 Å². The number of aryl methyl sites for hydroxylation is 1. The highest BCUT2D eigenvalue weighted by Crippen LogP contribution is 2.07. The van der Waals surface area contributed by atoms with Gasteiger partial charge in [-0.2, -0.15) is 0 Å². The minimum Gasteiger partial charge on any atom is -0.491 e. The summed E-state index contributed by atoms with van der Waals surface area (Å²) < 4.78 is 6.48. The number of hydrogen-bond donors (Lipinski definition) is 0. The molecule has 16 heavy (non-hydrogen) atoms. The molecule has 0 bridgehead atoms. The highest BCUT2D eigenvalue weighted by atomic mass is 16.5. The van der Waals surface area contributed by atoms with Crippen LogP contribution in [0, 0.1) is 6.92 Å². The topological polar surface area (TPSA) is 44.1 Å². The van der Waals surface area contributed by atoms with Crippen molar-refractivity contribution >= 4 is 0 Å². The van der Waals surface area contributed by atoms with Crippen LogP contribution in [0.4, 0.5) is 0 Å². The van der Waals surface area contributed by atoms with Crippen LogP contribution in [-0.4, -0.2) is 16.7 Å². The first-order valence-electron chi connectivity index (χ1n) is 4.91. The molecule has 0 saturated carbocycles. The quantitative estimate of drug-likeness (QED) is 0.765. The van der Waals surface area contributed by atoms with Gasteiger partial charge in [-0.3, -0.25) is 14.3 Å². The van der Waals surface area contributed by atoms with Crippen LogP contribution in [0.2, 0.25) is 0 Å². The zero-order valence-corrected chi connectivity index (χ0v) is 9.18. The molecule has 0 aliphatic carbocycles. The summed E-state index contributed by atoms with van der Waals surface area (Å²) in [6.07, 6.45) is 3.35. The summed E-state index contributed by atoms with van der Waals surface area (Å²) in [6.45, 7) is 1.90. The summed E-state index contributed by atoms with van der Waals surface area (Å²) >= 11 is 0. The SMILES string of the molecule is COc1cccn(-c2ccc(C)nc2)c1=O. The Kier molecular flexibility index (Phi) is 2.72. The third kappa shape index (κ3) is 1.82. The van der Waals surface area contributed by atoms with Gasteiger partial charge in [-0.25, -0.2) is 0 Å². The van der Waals surface area contributed by atoms with E-state index in [1.54, 1.807) is 24.5 Å². The van der Waals surface area contributed by atoms with Gasteiger partial charge in [0.05, 0.1) is 19.0 Å². The van der Waals surface area contributed by atoms with Gasteiger partial charge in [-0.1, -0.05) is 0 Å². The minimum atomic E-state index is -0.185. The van der Waals surface area contributed by atoms with Gasteiger partial charge in [-0.15, -0.1) is 0 Å². The molecular formula is C12H12N2O2. The Hall–Kier alpha value is -2.10. The molecule has 2 aromatic rings. The standard InChI is InChI=1S/C12H12N2O2/c1-9-5-6-10(8-13-9)14-7-3-4-11(16-2)12(14)15/h3-8H,1-2H3. The molecule has 0 atom stereocenters. The summed E-state index contributed by atoms with van der Waals surface area (Å²) in [7, 11) is 1.48. The normalized spacial score (nSPS) is 10.1. The first-order valence-corrected chi connectivity index (χ1v) is 4.91. The first kappa shape index (κ1) is 10.4. The molecule has 4 nitrogen and oxygen atoms in total. The van der Waals surface area contributed by atoms with Gasteiger partial charge in [0, 0.05) is 11.9 Å². The summed E-state index contributed by atoms with van der Waals surface area (Å²) in [5, 5.41) is 0. The van der Waals surface area contributed by atoms with Crippen molar-refractivity contribution in [1.82, 2.24) is 9.55 Å². The fourth-order valence-electron chi connectivity index (χ4n) is 1.44. The Morgan fingerprint density at radius 3 is 2.75 bits per heavy atom. The molecule has 4 heteroatoms. The molecule has 0 spiro atoms. The number of nitrogens with zero attached hydrogens (tertiary/aromatic N) is 2. The average Bonchev–Trinajstić information content (AvgIpc) is 2.31. The van der Waals surface area contributed by atoms with Gasteiger partial charge in [0.1, 0.15) is 0 Å². The molecule has 0 radical (unpaired) electrons. The molecule has 0 amide bonds. The lowest BCUT2D eigenvalue weighted by molar-refractivity contribution is 0.406. The molecule has 0 fully saturated rings. The summed E-state index contributed by atoms with van der Waals surface area (Å²) in [5.74, 6) is 0.322. The zero-order valence-electron chi connectivity index (χ0n) is 9.18. The predicted molar refractivity (Wildman–Crippen MR) is 61.1 cm³/mol. The van der Waals surface area contributed by atoms with E-state index < -0.39 is 0 Å². The predicted octanol–water partition coefficient (Wildman–Crippen LogP) is 1.55. The maximum Gasteiger partial charge on any atom is 0.297 e. The fraction of sp³-hybridized carbons (Fsp3) is 0.167. The van der Waals surface area contributed by atoms with Crippen molar-refractivity contribution in [1.29, 1.82) is 0 Å². The summed E-state index contributed by atoms with van der Waals surface area (Å²) in [4.78, 5) is 16.0. The van der Waals surface area contributed by atoms with E-state index in [2.05, 4.69) is 4.98 Å². The van der Waals surface area contributed by atoms with Crippen LogP contribution in [0.3, 0.4) is 0 Å². The van der Waals surface area contributed by atoms with E-state index >= 15 is 0 Å². The van der Waals surface area contributed by atoms with Gasteiger partial charge in [0.2, 0.25) is 0 Å². The molecule has 0 saturated heterocycles. The van der Waals surface area contributed by atoms with Crippen molar-refractivity contribution in [2.45, 2.75) is 6.92 Å². The van der Waals surface area contributed by atoms with Crippen LogP contribution < -0.4 is 10.3 Å². The molecule has 0 aromatic carbocycles. The number of rotatable bonds is 2. The summed E-state index contributed by atoms with van der Waals surface area (Å²) in [6, 6.07) is 7.12. The molecular weight excluding hydrogens is 204 g/mol. The largest absolute Gasteiger partial charge is 0.491 e. The first-order chi connectivity index (χ1) is 7.72. The van der Waals surface area contributed by atoms with Crippen LogP contribution in [0.25, 0.3) is 5.69 Å². The third-order valence-corrected chi connectivity index (χ3v) is 2.31. The van der Waals surface area contributed by atoms with E-state index in [9.17, 15) is 4.79 Å². The lowest BCUT2D eigenvalue weighted by atomic mass is 10.3. The van der Waals surface area contributed by atoms with E-state index in [0.717, 1.165) is 11.4 Å². The lowest BCUT2D eigenvalue weighted by Crippen LogP contribution is -2.18. The number of ether oxygens (including phenoxy) is 1. The van der Waals surface area contributed by atoms with Crippen molar-refractivity contribution in [2.75, 3.05) is 7.11 Å². The van der Waals surface area contributed by atoms with Crippen LogP contribution >= 0.6 is 0 Å². The molecule has 2 heterocycles. The third-order valence-electron chi connectivity index (χ3n) is 2.31. The second-order valence-electron chi connectivity index (χ2n) is 3.41. The number of pyridine rings is 2. The second-order valence-corrected chi connectivity index (χ2v) is 3.41. The Morgan fingerprint density at radius 1 is 1.31 bits per heavy atom. The highest BCUT2D eigenvalue weighted by molar-refractivity contribution is 5.32. The van der Waals surface area contributed by atoms with Gasteiger partial charge in [-0.05, 0) is 31.2 Å². The Labute approximate surface area is 93.1 Å². The smallest absolute Gasteiger partial charge is 0.297 e. The Balaban J connectivity index is 2.56. The van der Waals surface area contributed by atoms with E-state index in [1.807, 2.05) is 19.1 Å². The lowest BCUT2D eigenvalue weighted by Gasteiger charge is -2.06. The molecule has 0 N–H and O–H groups in total. The maximum atomic E-state index is 11.9. The molecule has 2 rings (SSSR count). The zero-order chi connectivity index (χ0) is 11.5. The van der Waals surface area contributed by atoms with E-state index in [4.69, 9.17) is 4.74 Å². The van der Waals surface area contributed by atoms with Crippen molar-refractivity contribution in [3.63, 3.8) is 0 Å². The second kappa shape index (κ2) is 4.18. The van der Waals surface area contributed by atoms with Crippen LogP contribution in [-0.2, 0) is 0 Å². The van der Waals surface area contributed by atoms with Gasteiger partial charge < -0.3 is 4.74 Å². The van der Waals surface area contributed by atoms with E-state index in [0.29, 0.717) is 5.75 Å². The molecule has 82 valence electrons. The van der Waals surface area contributed by atoms with Crippen LogP contribution in [0.15, 0.2) is 41.5 Å². The molecule has 2 aromatic heterocycles. The monoisotopic (exact) mass is 216 g/mol.